The van der Waals surface area contributed by atoms with E-state index in [-0.39, 0.29) is 23.0 Å². The first-order valence-electron chi connectivity index (χ1n) is 10.4. The van der Waals surface area contributed by atoms with Crippen molar-refractivity contribution in [3.8, 4) is 11.5 Å². The minimum Gasteiger partial charge on any atom is -0.493 e. The molecule has 1 aromatic carbocycles. The first-order valence-corrected chi connectivity index (χ1v) is 10.4. The molecule has 0 aliphatic carbocycles. The molecule has 0 spiro atoms. The summed E-state index contributed by atoms with van der Waals surface area (Å²) in [7, 11) is 3.15. The van der Waals surface area contributed by atoms with E-state index in [1.165, 1.54) is 7.11 Å². The standard InChI is InChI=1S/C22H35F2N3O3/c1-22(2,3)19-16(7-6-12-29-19)14-27-21(25-4)26-11-10-15-8-9-17(28-5)18(13-15)30-20(23)24/h8-9,13,16,19-20H,6-7,10-12,14H2,1-5H3,(H2,25,26,27). The Morgan fingerprint density at radius 2 is 2.03 bits per heavy atom. The molecule has 6 nitrogen and oxygen atoms in total. The fourth-order valence-corrected chi connectivity index (χ4v) is 3.85. The van der Waals surface area contributed by atoms with Crippen LogP contribution in [0.2, 0.25) is 0 Å². The van der Waals surface area contributed by atoms with Crippen molar-refractivity contribution in [3.05, 3.63) is 23.8 Å². The summed E-state index contributed by atoms with van der Waals surface area (Å²) in [6, 6.07) is 5.05. The number of methoxy groups -OCH3 is 1. The van der Waals surface area contributed by atoms with Gasteiger partial charge in [0.05, 0.1) is 13.2 Å². The van der Waals surface area contributed by atoms with Crippen LogP contribution in [0.5, 0.6) is 11.5 Å². The van der Waals surface area contributed by atoms with Crippen LogP contribution in [0.4, 0.5) is 8.78 Å². The number of benzene rings is 1. The Bertz CT molecular complexity index is 693. The molecular formula is C22H35F2N3O3. The van der Waals surface area contributed by atoms with Crippen LogP contribution in [0.1, 0.15) is 39.2 Å². The van der Waals surface area contributed by atoms with Crippen LogP contribution in [0.3, 0.4) is 0 Å². The maximum absolute atomic E-state index is 12.6. The molecule has 1 aliphatic heterocycles. The molecule has 1 aromatic rings. The summed E-state index contributed by atoms with van der Waals surface area (Å²) in [5, 5.41) is 6.68. The zero-order valence-electron chi connectivity index (χ0n) is 18.6. The number of nitrogens with zero attached hydrogens (tertiary/aromatic N) is 1. The molecule has 2 atom stereocenters. The summed E-state index contributed by atoms with van der Waals surface area (Å²) in [4.78, 5) is 4.28. The summed E-state index contributed by atoms with van der Waals surface area (Å²) < 4.78 is 40.8. The summed E-state index contributed by atoms with van der Waals surface area (Å²) in [5.74, 6) is 1.46. The topological polar surface area (TPSA) is 64.1 Å². The highest BCUT2D eigenvalue weighted by Gasteiger charge is 2.35. The van der Waals surface area contributed by atoms with Crippen LogP contribution in [-0.2, 0) is 11.2 Å². The summed E-state index contributed by atoms with van der Waals surface area (Å²) >= 11 is 0. The molecule has 1 saturated heterocycles. The molecule has 0 bridgehead atoms. The third-order valence-electron chi connectivity index (χ3n) is 5.20. The van der Waals surface area contributed by atoms with Gasteiger partial charge in [0.15, 0.2) is 17.5 Å². The van der Waals surface area contributed by atoms with Crippen LogP contribution in [0, 0.1) is 11.3 Å². The second-order valence-corrected chi connectivity index (χ2v) is 8.55. The molecule has 0 aromatic heterocycles. The lowest BCUT2D eigenvalue weighted by molar-refractivity contribution is -0.0835. The Balaban J connectivity index is 1.86. The van der Waals surface area contributed by atoms with Crippen molar-refractivity contribution in [2.24, 2.45) is 16.3 Å². The molecule has 0 radical (unpaired) electrons. The lowest BCUT2D eigenvalue weighted by atomic mass is 9.78. The lowest BCUT2D eigenvalue weighted by Crippen LogP contribution is -2.47. The molecule has 1 aliphatic rings. The predicted octanol–water partition coefficient (Wildman–Crippen LogP) is 3.85. The van der Waals surface area contributed by atoms with Gasteiger partial charge < -0.3 is 24.8 Å². The molecule has 2 N–H and O–H groups in total. The van der Waals surface area contributed by atoms with E-state index in [0.29, 0.717) is 24.8 Å². The van der Waals surface area contributed by atoms with E-state index in [2.05, 4.69) is 41.1 Å². The van der Waals surface area contributed by atoms with Crippen LogP contribution in [0.25, 0.3) is 0 Å². The summed E-state index contributed by atoms with van der Waals surface area (Å²) in [5.41, 5.74) is 0.957. The molecule has 170 valence electrons. The van der Waals surface area contributed by atoms with E-state index in [4.69, 9.17) is 9.47 Å². The summed E-state index contributed by atoms with van der Waals surface area (Å²) in [6.07, 6.45) is 3.04. The zero-order chi connectivity index (χ0) is 22.1. The van der Waals surface area contributed by atoms with Gasteiger partial charge >= 0.3 is 6.61 Å². The third kappa shape index (κ3) is 7.31. The van der Waals surface area contributed by atoms with Crippen molar-refractivity contribution in [2.75, 3.05) is 33.9 Å². The number of guanidine groups is 1. The van der Waals surface area contributed by atoms with Crippen molar-refractivity contribution in [1.82, 2.24) is 10.6 Å². The normalized spacial score (nSPS) is 20.2. The number of rotatable bonds is 8. The highest BCUT2D eigenvalue weighted by Crippen LogP contribution is 2.33. The van der Waals surface area contributed by atoms with Gasteiger partial charge in [-0.1, -0.05) is 26.8 Å². The van der Waals surface area contributed by atoms with Crippen molar-refractivity contribution in [1.29, 1.82) is 0 Å². The molecule has 2 rings (SSSR count). The molecule has 2 unspecified atom stereocenters. The SMILES string of the molecule is CN=C(NCCc1ccc(OC)c(OC(F)F)c1)NCC1CCCOC1C(C)(C)C. The van der Waals surface area contributed by atoms with Crippen molar-refractivity contribution in [2.45, 2.75) is 52.7 Å². The van der Waals surface area contributed by atoms with E-state index in [1.54, 1.807) is 19.2 Å². The minimum atomic E-state index is -2.89. The minimum absolute atomic E-state index is 0.0398. The molecule has 0 saturated carbocycles. The number of hydrogen-bond acceptors (Lipinski definition) is 4. The molecule has 30 heavy (non-hydrogen) atoms. The van der Waals surface area contributed by atoms with E-state index < -0.39 is 6.61 Å². The molecular weight excluding hydrogens is 392 g/mol. The van der Waals surface area contributed by atoms with Gasteiger partial charge in [-0.2, -0.15) is 8.78 Å². The first-order chi connectivity index (χ1) is 14.2. The average molecular weight is 428 g/mol. The largest absolute Gasteiger partial charge is 0.493 e. The van der Waals surface area contributed by atoms with Gasteiger partial charge in [-0.15, -0.1) is 0 Å². The number of halogens is 2. The highest BCUT2D eigenvalue weighted by molar-refractivity contribution is 5.79. The second-order valence-electron chi connectivity index (χ2n) is 8.55. The van der Waals surface area contributed by atoms with Crippen LogP contribution in [0.15, 0.2) is 23.2 Å². The quantitative estimate of drug-likeness (QED) is 0.487. The number of ether oxygens (including phenoxy) is 3. The number of hydrogen-bond donors (Lipinski definition) is 2. The average Bonchev–Trinajstić information content (AvgIpc) is 2.70. The van der Waals surface area contributed by atoms with Crippen LogP contribution in [-0.4, -0.2) is 52.5 Å². The van der Waals surface area contributed by atoms with Gasteiger partial charge in [0, 0.05) is 32.7 Å². The van der Waals surface area contributed by atoms with Crippen LogP contribution >= 0.6 is 0 Å². The molecule has 8 heteroatoms. The zero-order valence-corrected chi connectivity index (χ0v) is 18.6. The van der Waals surface area contributed by atoms with Gasteiger partial charge in [-0.05, 0) is 42.4 Å². The van der Waals surface area contributed by atoms with E-state index >= 15 is 0 Å². The highest BCUT2D eigenvalue weighted by atomic mass is 19.3. The Morgan fingerprint density at radius 1 is 1.27 bits per heavy atom. The lowest BCUT2D eigenvalue weighted by Gasteiger charge is -2.40. The Hall–Kier alpha value is -2.09. The summed E-state index contributed by atoms with van der Waals surface area (Å²) in [6.45, 7) is 5.96. The van der Waals surface area contributed by atoms with Crippen LogP contribution < -0.4 is 20.1 Å². The molecule has 1 fully saturated rings. The smallest absolute Gasteiger partial charge is 0.387 e. The van der Waals surface area contributed by atoms with E-state index in [1.807, 2.05) is 6.07 Å². The predicted molar refractivity (Wildman–Crippen MR) is 115 cm³/mol. The third-order valence-corrected chi connectivity index (χ3v) is 5.20. The van der Waals surface area contributed by atoms with Gasteiger partial charge in [0.1, 0.15) is 0 Å². The fraction of sp³-hybridized carbons (Fsp3) is 0.682. The van der Waals surface area contributed by atoms with Gasteiger partial charge in [0.25, 0.3) is 0 Å². The monoisotopic (exact) mass is 427 g/mol. The Morgan fingerprint density at radius 3 is 2.67 bits per heavy atom. The van der Waals surface area contributed by atoms with Gasteiger partial charge in [-0.3, -0.25) is 4.99 Å². The maximum Gasteiger partial charge on any atom is 0.387 e. The fourth-order valence-electron chi connectivity index (χ4n) is 3.85. The van der Waals surface area contributed by atoms with E-state index in [9.17, 15) is 8.78 Å². The van der Waals surface area contributed by atoms with Crippen molar-refractivity contribution in [3.63, 3.8) is 0 Å². The number of nitrogens with one attached hydrogen (secondary N) is 2. The van der Waals surface area contributed by atoms with Gasteiger partial charge in [-0.25, -0.2) is 0 Å². The number of alkyl halides is 2. The van der Waals surface area contributed by atoms with Crippen molar-refractivity contribution < 1.29 is 23.0 Å². The molecule has 1 heterocycles. The molecule has 0 amide bonds. The Kier molecular flexibility index (Phi) is 9.14. The Labute approximate surface area is 178 Å². The second kappa shape index (κ2) is 11.3. The van der Waals surface area contributed by atoms with Gasteiger partial charge in [0.2, 0.25) is 0 Å². The van der Waals surface area contributed by atoms with E-state index in [0.717, 1.165) is 31.6 Å². The number of aliphatic imine (C=N–C) groups is 1. The maximum atomic E-state index is 12.6. The first kappa shape index (κ1) is 24.2. The van der Waals surface area contributed by atoms with Crippen molar-refractivity contribution >= 4 is 5.96 Å².